The van der Waals surface area contributed by atoms with Crippen molar-refractivity contribution in [3.8, 4) is 0 Å². The van der Waals surface area contributed by atoms with E-state index >= 15 is 0 Å². The van der Waals surface area contributed by atoms with Crippen LogP contribution in [0, 0.1) is 0 Å². The number of hydrogen-bond donors (Lipinski definition) is 0. The standard InChI is InChI=1S/C8H12O4/c1-5-10-7(4)11-12-8(9)6(2)3/h5,7H,1-2H2,3-4H3. The summed E-state index contributed by atoms with van der Waals surface area (Å²) in [7, 11) is 0. The fraction of sp³-hybridized carbons (Fsp3) is 0.375. The smallest absolute Gasteiger partial charge is 0.368 e. The molecule has 1 atom stereocenters. The van der Waals surface area contributed by atoms with Gasteiger partial charge in [0, 0.05) is 12.5 Å². The predicted octanol–water partition coefficient (Wildman–Crippen LogP) is 1.54. The van der Waals surface area contributed by atoms with E-state index in [0.29, 0.717) is 0 Å². The Kier molecular flexibility index (Phi) is 4.79. The van der Waals surface area contributed by atoms with Gasteiger partial charge in [0.1, 0.15) is 0 Å². The lowest BCUT2D eigenvalue weighted by Gasteiger charge is -2.09. The van der Waals surface area contributed by atoms with Crippen molar-refractivity contribution in [2.45, 2.75) is 20.1 Å². The number of carbonyl (C=O) groups excluding carboxylic acids is 1. The minimum atomic E-state index is -0.661. The van der Waals surface area contributed by atoms with Crippen LogP contribution < -0.4 is 0 Å². The maximum atomic E-state index is 10.7. The highest BCUT2D eigenvalue weighted by atomic mass is 17.2. The maximum Gasteiger partial charge on any atom is 0.368 e. The second-order valence-corrected chi connectivity index (χ2v) is 2.12. The van der Waals surface area contributed by atoms with E-state index in [1.165, 1.54) is 13.2 Å². The van der Waals surface area contributed by atoms with Crippen molar-refractivity contribution < 1.29 is 19.3 Å². The molecule has 12 heavy (non-hydrogen) atoms. The Hall–Kier alpha value is -1.29. The van der Waals surface area contributed by atoms with E-state index < -0.39 is 12.3 Å². The number of ether oxygens (including phenoxy) is 1. The maximum absolute atomic E-state index is 10.7. The Balaban J connectivity index is 3.60. The zero-order chi connectivity index (χ0) is 9.56. The van der Waals surface area contributed by atoms with Crippen LogP contribution in [0.4, 0.5) is 0 Å². The van der Waals surface area contributed by atoms with Crippen LogP contribution in [0.25, 0.3) is 0 Å². The highest BCUT2D eigenvalue weighted by Crippen LogP contribution is 1.98. The number of rotatable bonds is 5. The van der Waals surface area contributed by atoms with E-state index in [0.717, 1.165) is 0 Å². The van der Waals surface area contributed by atoms with Gasteiger partial charge in [0.25, 0.3) is 0 Å². The van der Waals surface area contributed by atoms with E-state index in [2.05, 4.69) is 22.9 Å². The summed E-state index contributed by atoms with van der Waals surface area (Å²) >= 11 is 0. The minimum Gasteiger partial charge on any atom is -0.470 e. The van der Waals surface area contributed by atoms with Gasteiger partial charge in [-0.3, -0.25) is 4.89 Å². The third-order valence-electron chi connectivity index (χ3n) is 0.896. The van der Waals surface area contributed by atoms with Gasteiger partial charge in [-0.25, -0.2) is 4.79 Å². The Morgan fingerprint density at radius 1 is 1.58 bits per heavy atom. The van der Waals surface area contributed by atoms with Crippen LogP contribution in [0.3, 0.4) is 0 Å². The molecule has 0 fully saturated rings. The fourth-order valence-corrected chi connectivity index (χ4v) is 0.341. The van der Waals surface area contributed by atoms with Crippen LogP contribution in [0.2, 0.25) is 0 Å². The van der Waals surface area contributed by atoms with Crippen molar-refractivity contribution in [2.24, 2.45) is 0 Å². The van der Waals surface area contributed by atoms with E-state index in [1.807, 2.05) is 0 Å². The second kappa shape index (κ2) is 5.37. The zero-order valence-corrected chi connectivity index (χ0v) is 7.20. The van der Waals surface area contributed by atoms with Gasteiger partial charge in [0.05, 0.1) is 6.26 Å². The molecular formula is C8H12O4. The molecule has 0 aromatic heterocycles. The van der Waals surface area contributed by atoms with E-state index in [4.69, 9.17) is 4.74 Å². The summed E-state index contributed by atoms with van der Waals surface area (Å²) in [5, 5.41) is 0. The Labute approximate surface area is 71.3 Å². The van der Waals surface area contributed by atoms with Crippen molar-refractivity contribution in [1.82, 2.24) is 0 Å². The normalized spacial score (nSPS) is 11.5. The van der Waals surface area contributed by atoms with Gasteiger partial charge in [0.15, 0.2) is 0 Å². The lowest BCUT2D eigenvalue weighted by atomic mass is 10.4. The lowest BCUT2D eigenvalue weighted by Crippen LogP contribution is -2.14. The predicted molar refractivity (Wildman–Crippen MR) is 42.7 cm³/mol. The molecule has 0 saturated heterocycles. The van der Waals surface area contributed by atoms with E-state index in [-0.39, 0.29) is 5.57 Å². The topological polar surface area (TPSA) is 44.8 Å². The van der Waals surface area contributed by atoms with Crippen LogP contribution in [0.5, 0.6) is 0 Å². The summed E-state index contributed by atoms with van der Waals surface area (Å²) in [6, 6.07) is 0. The lowest BCUT2D eigenvalue weighted by molar-refractivity contribution is -0.334. The van der Waals surface area contributed by atoms with E-state index in [9.17, 15) is 4.79 Å². The summed E-state index contributed by atoms with van der Waals surface area (Å²) in [4.78, 5) is 19.5. The molecule has 68 valence electrons. The zero-order valence-electron chi connectivity index (χ0n) is 7.20. The van der Waals surface area contributed by atoms with Crippen molar-refractivity contribution in [3.63, 3.8) is 0 Å². The van der Waals surface area contributed by atoms with Gasteiger partial charge in [-0.1, -0.05) is 13.2 Å². The third-order valence-corrected chi connectivity index (χ3v) is 0.896. The average molecular weight is 172 g/mol. The van der Waals surface area contributed by atoms with Crippen LogP contribution in [0.1, 0.15) is 13.8 Å². The Bertz CT molecular complexity index is 185. The number of carbonyl (C=O) groups is 1. The molecule has 0 heterocycles. The summed E-state index contributed by atoms with van der Waals surface area (Å²) in [6.45, 7) is 9.75. The van der Waals surface area contributed by atoms with Crippen molar-refractivity contribution in [1.29, 1.82) is 0 Å². The molecule has 4 heteroatoms. The summed E-state index contributed by atoms with van der Waals surface area (Å²) in [5.41, 5.74) is 0.265. The fourth-order valence-electron chi connectivity index (χ4n) is 0.341. The Morgan fingerprint density at radius 3 is 2.58 bits per heavy atom. The first-order valence-corrected chi connectivity index (χ1v) is 3.37. The molecule has 0 bridgehead atoms. The average Bonchev–Trinajstić information content (AvgIpc) is 2.00. The first-order valence-electron chi connectivity index (χ1n) is 3.37. The highest BCUT2D eigenvalue weighted by Gasteiger charge is 2.07. The summed E-state index contributed by atoms with van der Waals surface area (Å²) < 4.78 is 4.71. The molecule has 0 aliphatic heterocycles. The molecule has 0 saturated carbocycles. The number of hydrogen-bond acceptors (Lipinski definition) is 4. The minimum absolute atomic E-state index is 0.265. The largest absolute Gasteiger partial charge is 0.470 e. The van der Waals surface area contributed by atoms with Gasteiger partial charge in [-0.2, -0.15) is 0 Å². The molecule has 0 spiro atoms. The molecule has 0 amide bonds. The Morgan fingerprint density at radius 2 is 2.17 bits per heavy atom. The molecule has 4 nitrogen and oxygen atoms in total. The van der Waals surface area contributed by atoms with Crippen LogP contribution in [-0.2, 0) is 19.3 Å². The molecule has 0 aliphatic carbocycles. The molecule has 0 radical (unpaired) electrons. The van der Waals surface area contributed by atoms with Crippen molar-refractivity contribution in [2.75, 3.05) is 0 Å². The summed E-state index contributed by atoms with van der Waals surface area (Å²) in [6.07, 6.45) is 0.532. The molecule has 0 rings (SSSR count). The molecule has 1 unspecified atom stereocenters. The van der Waals surface area contributed by atoms with Crippen LogP contribution >= 0.6 is 0 Å². The molecule has 0 aromatic rings. The van der Waals surface area contributed by atoms with E-state index in [1.54, 1.807) is 6.92 Å². The van der Waals surface area contributed by atoms with Crippen molar-refractivity contribution in [3.05, 3.63) is 25.0 Å². The van der Waals surface area contributed by atoms with Crippen molar-refractivity contribution >= 4 is 5.97 Å². The summed E-state index contributed by atoms with van der Waals surface area (Å²) in [5.74, 6) is -0.616. The van der Waals surface area contributed by atoms with Gasteiger partial charge in [-0.05, 0) is 6.92 Å². The monoisotopic (exact) mass is 172 g/mol. The van der Waals surface area contributed by atoms with Gasteiger partial charge in [-0.15, -0.1) is 4.89 Å². The second-order valence-electron chi connectivity index (χ2n) is 2.12. The van der Waals surface area contributed by atoms with Gasteiger partial charge >= 0.3 is 5.97 Å². The molecule has 0 aromatic carbocycles. The highest BCUT2D eigenvalue weighted by molar-refractivity contribution is 5.86. The SMILES string of the molecule is C=COC(C)OOC(=O)C(=C)C. The third kappa shape index (κ3) is 4.51. The van der Waals surface area contributed by atoms with Gasteiger partial charge in [0.2, 0.25) is 6.29 Å². The molecular weight excluding hydrogens is 160 g/mol. The molecule has 0 aliphatic rings. The molecule has 0 N–H and O–H groups in total. The first kappa shape index (κ1) is 10.7. The van der Waals surface area contributed by atoms with Gasteiger partial charge < -0.3 is 4.74 Å². The van der Waals surface area contributed by atoms with Crippen LogP contribution in [0.15, 0.2) is 25.0 Å². The van der Waals surface area contributed by atoms with Crippen LogP contribution in [-0.4, -0.2) is 12.3 Å². The quantitative estimate of drug-likeness (QED) is 0.207. The first-order chi connectivity index (χ1) is 5.57.